The second kappa shape index (κ2) is 7.39. The number of hydrogen-bond donors (Lipinski definition) is 0. The van der Waals surface area contributed by atoms with Crippen LogP contribution in [0.1, 0.15) is 66.2 Å². The third-order valence-electron chi connectivity index (χ3n) is 4.72. The van der Waals surface area contributed by atoms with Gasteiger partial charge in [0.05, 0.1) is 6.61 Å². The molecule has 1 rings (SSSR count). The maximum Gasteiger partial charge on any atom is 0.316 e. The lowest BCUT2D eigenvalue weighted by Gasteiger charge is -2.42. The molecule has 0 saturated heterocycles. The molecule has 122 valence electrons. The van der Waals surface area contributed by atoms with Gasteiger partial charge in [-0.2, -0.15) is 0 Å². The largest absolute Gasteiger partial charge is 0.465 e. The van der Waals surface area contributed by atoms with Crippen molar-refractivity contribution in [2.75, 3.05) is 13.7 Å². The van der Waals surface area contributed by atoms with E-state index in [0.29, 0.717) is 25.9 Å². The first-order valence-electron chi connectivity index (χ1n) is 8.08. The fourth-order valence-electron chi connectivity index (χ4n) is 3.09. The average Bonchev–Trinajstić information content (AvgIpc) is 2.45. The fourth-order valence-corrected chi connectivity index (χ4v) is 3.09. The summed E-state index contributed by atoms with van der Waals surface area (Å²) in [4.78, 5) is 25.0. The Morgan fingerprint density at radius 1 is 1.10 bits per heavy atom. The Kier molecular flexibility index (Phi) is 6.39. The number of methoxy groups -OCH3 is 1. The van der Waals surface area contributed by atoms with E-state index < -0.39 is 17.5 Å². The zero-order chi connectivity index (χ0) is 16.1. The maximum atomic E-state index is 12.9. The second-order valence-electron chi connectivity index (χ2n) is 6.82. The Labute approximate surface area is 128 Å². The molecule has 0 radical (unpaired) electrons. The molecular weight excluding hydrogens is 268 g/mol. The highest BCUT2D eigenvalue weighted by molar-refractivity contribution is 6.03. The van der Waals surface area contributed by atoms with Crippen molar-refractivity contribution in [2.45, 2.75) is 71.8 Å². The van der Waals surface area contributed by atoms with Gasteiger partial charge < -0.3 is 9.47 Å². The molecular formula is C17H30O4. The Balaban J connectivity index is 2.91. The Hall–Kier alpha value is -0.900. The molecule has 1 unspecified atom stereocenters. The number of esters is 1. The Bertz CT molecular complexity index is 363. The number of ketones is 1. The summed E-state index contributed by atoms with van der Waals surface area (Å²) in [7, 11) is 1.59. The standard InChI is InChI=1S/C17H30O4/c1-6-8-13(15(19)21-7-2)14(18)17(20-5)11-9-16(3,4)10-12-17/h13H,6-12H2,1-5H3. The quantitative estimate of drug-likeness (QED) is 0.533. The smallest absolute Gasteiger partial charge is 0.316 e. The summed E-state index contributed by atoms with van der Waals surface area (Å²) in [5.74, 6) is -1.16. The van der Waals surface area contributed by atoms with Crippen LogP contribution in [0.25, 0.3) is 0 Å². The number of Topliss-reactive ketones (excluding diaryl/α,β-unsaturated/α-hetero) is 1. The summed E-state index contributed by atoms with van der Waals surface area (Å²) in [6.07, 6.45) is 4.57. The number of hydrogen-bond acceptors (Lipinski definition) is 4. The van der Waals surface area contributed by atoms with E-state index in [0.717, 1.165) is 19.3 Å². The summed E-state index contributed by atoms with van der Waals surface area (Å²) in [6.45, 7) is 8.47. The van der Waals surface area contributed by atoms with E-state index in [9.17, 15) is 9.59 Å². The lowest BCUT2D eigenvalue weighted by atomic mass is 9.67. The van der Waals surface area contributed by atoms with Crippen molar-refractivity contribution in [3.63, 3.8) is 0 Å². The van der Waals surface area contributed by atoms with Crippen molar-refractivity contribution in [1.29, 1.82) is 0 Å². The third kappa shape index (κ3) is 4.29. The van der Waals surface area contributed by atoms with E-state index in [4.69, 9.17) is 9.47 Å². The lowest BCUT2D eigenvalue weighted by Crippen LogP contribution is -2.50. The second-order valence-corrected chi connectivity index (χ2v) is 6.82. The number of rotatable bonds is 7. The molecule has 1 fully saturated rings. The van der Waals surface area contributed by atoms with Crippen molar-refractivity contribution in [3.8, 4) is 0 Å². The molecule has 0 aliphatic heterocycles. The van der Waals surface area contributed by atoms with Crippen LogP contribution in [0.5, 0.6) is 0 Å². The molecule has 1 saturated carbocycles. The van der Waals surface area contributed by atoms with E-state index in [-0.39, 0.29) is 11.2 Å². The third-order valence-corrected chi connectivity index (χ3v) is 4.72. The number of carbonyl (C=O) groups is 2. The summed E-state index contributed by atoms with van der Waals surface area (Å²) in [5.41, 5.74) is -0.561. The van der Waals surface area contributed by atoms with Gasteiger partial charge in [-0.25, -0.2) is 0 Å². The van der Waals surface area contributed by atoms with Crippen molar-refractivity contribution in [1.82, 2.24) is 0 Å². The van der Waals surface area contributed by atoms with E-state index in [2.05, 4.69) is 13.8 Å². The van der Waals surface area contributed by atoms with E-state index >= 15 is 0 Å². The fraction of sp³-hybridized carbons (Fsp3) is 0.882. The van der Waals surface area contributed by atoms with Crippen molar-refractivity contribution in [2.24, 2.45) is 11.3 Å². The van der Waals surface area contributed by atoms with Gasteiger partial charge in [-0.15, -0.1) is 0 Å². The first-order chi connectivity index (χ1) is 9.82. The SMILES string of the molecule is CCCC(C(=O)OCC)C(=O)C1(OC)CCC(C)(C)CC1. The van der Waals surface area contributed by atoms with Gasteiger partial charge in [0.15, 0.2) is 5.78 Å². The van der Waals surface area contributed by atoms with Crippen molar-refractivity contribution in [3.05, 3.63) is 0 Å². The van der Waals surface area contributed by atoms with Gasteiger partial charge in [0.25, 0.3) is 0 Å². The van der Waals surface area contributed by atoms with Gasteiger partial charge in [-0.1, -0.05) is 27.2 Å². The molecule has 0 amide bonds. The number of carbonyl (C=O) groups excluding carboxylic acids is 2. The van der Waals surface area contributed by atoms with Crippen molar-refractivity contribution < 1.29 is 19.1 Å². The van der Waals surface area contributed by atoms with E-state index in [1.165, 1.54) is 0 Å². The van der Waals surface area contributed by atoms with Gasteiger partial charge in [-0.3, -0.25) is 9.59 Å². The minimum atomic E-state index is -0.803. The first-order valence-corrected chi connectivity index (χ1v) is 8.08. The molecule has 0 heterocycles. The molecule has 1 aliphatic carbocycles. The van der Waals surface area contributed by atoms with Crippen LogP contribution < -0.4 is 0 Å². The van der Waals surface area contributed by atoms with E-state index in [1.54, 1.807) is 14.0 Å². The highest BCUT2D eigenvalue weighted by Gasteiger charge is 2.48. The molecule has 0 aromatic carbocycles. The van der Waals surface area contributed by atoms with Crippen LogP contribution in [0.15, 0.2) is 0 Å². The predicted molar refractivity (Wildman–Crippen MR) is 82.0 cm³/mol. The predicted octanol–water partition coefficient (Wildman–Crippen LogP) is 3.52. The number of ether oxygens (including phenoxy) is 2. The highest BCUT2D eigenvalue weighted by atomic mass is 16.5. The van der Waals surface area contributed by atoms with Crippen molar-refractivity contribution >= 4 is 11.8 Å². The molecule has 0 aromatic rings. The highest BCUT2D eigenvalue weighted by Crippen LogP contribution is 2.43. The van der Waals surface area contributed by atoms with Crippen LogP contribution in [-0.4, -0.2) is 31.1 Å². The minimum Gasteiger partial charge on any atom is -0.465 e. The van der Waals surface area contributed by atoms with Crippen LogP contribution in [0.2, 0.25) is 0 Å². The topological polar surface area (TPSA) is 52.6 Å². The van der Waals surface area contributed by atoms with Crippen LogP contribution in [0, 0.1) is 11.3 Å². The summed E-state index contributed by atoms with van der Waals surface area (Å²) >= 11 is 0. The van der Waals surface area contributed by atoms with Crippen LogP contribution in [-0.2, 0) is 19.1 Å². The Morgan fingerprint density at radius 2 is 1.67 bits per heavy atom. The van der Waals surface area contributed by atoms with Gasteiger partial charge in [0.1, 0.15) is 11.5 Å². The average molecular weight is 298 g/mol. The zero-order valence-electron chi connectivity index (χ0n) is 14.2. The maximum absolute atomic E-state index is 12.9. The van der Waals surface area contributed by atoms with Gasteiger partial charge in [0.2, 0.25) is 0 Å². The molecule has 0 N–H and O–H groups in total. The molecule has 1 atom stereocenters. The monoisotopic (exact) mass is 298 g/mol. The van der Waals surface area contributed by atoms with Gasteiger partial charge in [0, 0.05) is 7.11 Å². The normalized spacial score (nSPS) is 21.6. The molecule has 0 aromatic heterocycles. The molecule has 4 nitrogen and oxygen atoms in total. The molecule has 1 aliphatic rings. The van der Waals surface area contributed by atoms with Crippen LogP contribution in [0.3, 0.4) is 0 Å². The van der Waals surface area contributed by atoms with Crippen LogP contribution in [0.4, 0.5) is 0 Å². The molecule has 0 spiro atoms. The van der Waals surface area contributed by atoms with Gasteiger partial charge >= 0.3 is 5.97 Å². The zero-order valence-corrected chi connectivity index (χ0v) is 14.2. The Morgan fingerprint density at radius 3 is 2.10 bits per heavy atom. The van der Waals surface area contributed by atoms with Gasteiger partial charge in [-0.05, 0) is 44.4 Å². The minimum absolute atomic E-state index is 0.0826. The molecule has 0 bridgehead atoms. The summed E-state index contributed by atoms with van der Waals surface area (Å²) < 4.78 is 10.7. The summed E-state index contributed by atoms with van der Waals surface area (Å²) in [6, 6.07) is 0. The van der Waals surface area contributed by atoms with Crippen LogP contribution >= 0.6 is 0 Å². The molecule has 4 heteroatoms. The lowest BCUT2D eigenvalue weighted by molar-refractivity contribution is -0.163. The molecule has 21 heavy (non-hydrogen) atoms. The van der Waals surface area contributed by atoms with E-state index in [1.807, 2.05) is 6.92 Å². The summed E-state index contributed by atoms with van der Waals surface area (Å²) in [5, 5.41) is 0. The first kappa shape index (κ1) is 18.1.